The Morgan fingerprint density at radius 1 is 1.61 bits per heavy atom. The van der Waals surface area contributed by atoms with Gasteiger partial charge in [0, 0.05) is 11.7 Å². The number of nitriles is 1. The van der Waals surface area contributed by atoms with Gasteiger partial charge in [0.05, 0.1) is 18.1 Å². The van der Waals surface area contributed by atoms with Crippen LogP contribution in [0.4, 0.5) is 0 Å². The van der Waals surface area contributed by atoms with Crippen molar-refractivity contribution in [3.63, 3.8) is 0 Å². The van der Waals surface area contributed by atoms with Gasteiger partial charge < -0.3 is 4.57 Å². The molecule has 0 aromatic carbocycles. The van der Waals surface area contributed by atoms with Crippen LogP contribution in [0.1, 0.15) is 50.0 Å². The van der Waals surface area contributed by atoms with Crippen LogP contribution in [0, 0.1) is 25.2 Å². The average Bonchev–Trinajstić information content (AvgIpc) is 2.71. The maximum Gasteiger partial charge on any atom is 0.108 e. The zero-order valence-electron chi connectivity index (χ0n) is 11.5. The smallest absolute Gasteiger partial charge is 0.108 e. The molecule has 0 bridgehead atoms. The van der Waals surface area contributed by atoms with Gasteiger partial charge in [0.2, 0.25) is 0 Å². The van der Waals surface area contributed by atoms with E-state index in [1.807, 2.05) is 13.3 Å². The number of nitrogens with zero attached hydrogens (tertiary/aromatic N) is 3. The zero-order chi connectivity index (χ0) is 13.2. The fourth-order valence-corrected chi connectivity index (χ4v) is 3.01. The summed E-state index contributed by atoms with van der Waals surface area (Å²) in [5.74, 6) is 0. The molecule has 2 atom stereocenters. The lowest BCUT2D eigenvalue weighted by atomic mass is 9.79. The van der Waals surface area contributed by atoms with Gasteiger partial charge in [0.25, 0.3) is 0 Å². The van der Waals surface area contributed by atoms with Crippen molar-refractivity contribution in [3.8, 4) is 6.07 Å². The molecule has 18 heavy (non-hydrogen) atoms. The average molecular weight is 246 g/mol. The maximum atomic E-state index is 9.47. The topological polar surface area (TPSA) is 53.6 Å². The van der Waals surface area contributed by atoms with E-state index in [2.05, 4.69) is 34.8 Å². The van der Waals surface area contributed by atoms with Crippen LogP contribution < -0.4 is 5.32 Å². The van der Waals surface area contributed by atoms with Crippen LogP contribution in [0.25, 0.3) is 0 Å². The fourth-order valence-electron chi connectivity index (χ4n) is 3.01. The van der Waals surface area contributed by atoms with Crippen molar-refractivity contribution < 1.29 is 0 Å². The minimum Gasteiger partial charge on any atom is -0.331 e. The van der Waals surface area contributed by atoms with Gasteiger partial charge in [-0.05, 0) is 46.1 Å². The first-order valence-corrected chi connectivity index (χ1v) is 6.78. The number of hydrogen-bond acceptors (Lipinski definition) is 3. The highest BCUT2D eigenvalue weighted by Gasteiger charge is 2.36. The van der Waals surface area contributed by atoms with Crippen LogP contribution in [0.5, 0.6) is 0 Å². The number of hydrogen-bond donors (Lipinski definition) is 1. The van der Waals surface area contributed by atoms with Crippen LogP contribution in [0.2, 0.25) is 0 Å². The first-order chi connectivity index (χ1) is 8.62. The van der Waals surface area contributed by atoms with Crippen molar-refractivity contribution in [2.75, 3.05) is 6.54 Å². The van der Waals surface area contributed by atoms with E-state index in [1.165, 1.54) is 5.69 Å². The van der Waals surface area contributed by atoms with Gasteiger partial charge in [-0.2, -0.15) is 5.26 Å². The van der Waals surface area contributed by atoms with E-state index in [1.54, 1.807) is 0 Å². The highest BCUT2D eigenvalue weighted by molar-refractivity contribution is 5.14. The Labute approximate surface area is 109 Å². The molecule has 0 spiro atoms. The van der Waals surface area contributed by atoms with Crippen molar-refractivity contribution in [2.45, 2.75) is 58.0 Å². The van der Waals surface area contributed by atoms with E-state index < -0.39 is 0 Å². The van der Waals surface area contributed by atoms with Crippen molar-refractivity contribution in [3.05, 3.63) is 17.7 Å². The Balaban J connectivity index is 2.21. The van der Waals surface area contributed by atoms with E-state index in [9.17, 15) is 5.26 Å². The third-order valence-electron chi connectivity index (χ3n) is 4.13. The lowest BCUT2D eigenvalue weighted by molar-refractivity contribution is 0.232. The first kappa shape index (κ1) is 13.1. The Morgan fingerprint density at radius 3 is 2.94 bits per heavy atom. The van der Waals surface area contributed by atoms with Gasteiger partial charge in [0.1, 0.15) is 5.54 Å². The molecule has 1 aromatic heterocycles. The molecule has 2 unspecified atom stereocenters. The van der Waals surface area contributed by atoms with E-state index in [0.29, 0.717) is 6.04 Å². The highest BCUT2D eigenvalue weighted by atomic mass is 15.1. The number of rotatable bonds is 3. The second-order valence-corrected chi connectivity index (χ2v) is 5.30. The number of aryl methyl sites for hydroxylation is 1. The van der Waals surface area contributed by atoms with Gasteiger partial charge in [-0.25, -0.2) is 4.98 Å². The summed E-state index contributed by atoms with van der Waals surface area (Å²) in [6, 6.07) is 2.90. The number of imidazole rings is 1. The molecular formula is C14H22N4. The summed E-state index contributed by atoms with van der Waals surface area (Å²) >= 11 is 0. The molecular weight excluding hydrogens is 224 g/mol. The van der Waals surface area contributed by atoms with Crippen molar-refractivity contribution >= 4 is 0 Å². The van der Waals surface area contributed by atoms with Gasteiger partial charge in [-0.15, -0.1) is 0 Å². The minimum absolute atomic E-state index is 0.345. The van der Waals surface area contributed by atoms with Gasteiger partial charge in [0.15, 0.2) is 0 Å². The van der Waals surface area contributed by atoms with Crippen molar-refractivity contribution in [2.24, 2.45) is 0 Å². The summed E-state index contributed by atoms with van der Waals surface area (Å²) in [6.45, 7) is 7.06. The number of aromatic nitrogens is 2. The number of nitrogens with one attached hydrogen (secondary N) is 1. The fraction of sp³-hybridized carbons (Fsp3) is 0.714. The molecule has 1 heterocycles. The Kier molecular flexibility index (Phi) is 3.72. The lowest BCUT2D eigenvalue weighted by Gasteiger charge is -2.37. The molecule has 4 heteroatoms. The monoisotopic (exact) mass is 246 g/mol. The van der Waals surface area contributed by atoms with Crippen LogP contribution in [0.3, 0.4) is 0 Å². The molecule has 0 aliphatic heterocycles. The molecule has 0 amide bonds. The predicted octanol–water partition coefficient (Wildman–Crippen LogP) is 2.49. The van der Waals surface area contributed by atoms with Crippen LogP contribution in [-0.4, -0.2) is 21.6 Å². The summed E-state index contributed by atoms with van der Waals surface area (Å²) in [5.41, 5.74) is 1.97. The summed E-state index contributed by atoms with van der Waals surface area (Å²) in [7, 11) is 0. The first-order valence-electron chi connectivity index (χ1n) is 6.78. The molecule has 1 N–H and O–H groups in total. The molecule has 4 nitrogen and oxygen atoms in total. The third-order valence-corrected chi connectivity index (χ3v) is 4.13. The van der Waals surface area contributed by atoms with Crippen LogP contribution in [-0.2, 0) is 0 Å². The van der Waals surface area contributed by atoms with E-state index in [4.69, 9.17) is 0 Å². The molecule has 1 saturated carbocycles. The standard InChI is InChI=1S/C14H22N4/c1-4-17-14(9-15)7-5-6-13(8-14)18-10-16-11(2)12(18)3/h10,13,17H,4-8H2,1-3H3. The minimum atomic E-state index is -0.345. The highest BCUT2D eigenvalue weighted by Crippen LogP contribution is 2.36. The molecule has 98 valence electrons. The summed E-state index contributed by atoms with van der Waals surface area (Å²) in [6.07, 6.45) is 6.01. The summed E-state index contributed by atoms with van der Waals surface area (Å²) in [5, 5.41) is 12.9. The lowest BCUT2D eigenvalue weighted by Crippen LogP contribution is -2.47. The SMILES string of the molecule is CCNC1(C#N)CCCC(n2cnc(C)c2C)C1. The van der Waals surface area contributed by atoms with Crippen molar-refractivity contribution in [1.82, 2.24) is 14.9 Å². The molecule has 1 fully saturated rings. The molecule has 0 radical (unpaired) electrons. The summed E-state index contributed by atoms with van der Waals surface area (Å²) < 4.78 is 2.25. The molecule has 2 rings (SSSR count). The third kappa shape index (κ3) is 2.28. The molecule has 0 saturated heterocycles. The molecule has 1 aromatic rings. The van der Waals surface area contributed by atoms with Crippen LogP contribution in [0.15, 0.2) is 6.33 Å². The second kappa shape index (κ2) is 5.11. The largest absolute Gasteiger partial charge is 0.331 e. The predicted molar refractivity (Wildman–Crippen MR) is 71.2 cm³/mol. The molecule has 1 aliphatic carbocycles. The molecule has 1 aliphatic rings. The Hall–Kier alpha value is -1.34. The maximum absolute atomic E-state index is 9.47. The van der Waals surface area contributed by atoms with E-state index in [0.717, 1.165) is 37.9 Å². The van der Waals surface area contributed by atoms with E-state index >= 15 is 0 Å². The van der Waals surface area contributed by atoms with Crippen LogP contribution >= 0.6 is 0 Å². The van der Waals surface area contributed by atoms with Crippen molar-refractivity contribution in [1.29, 1.82) is 5.26 Å². The van der Waals surface area contributed by atoms with Gasteiger partial charge in [-0.3, -0.25) is 5.32 Å². The Bertz CT molecular complexity index is 453. The second-order valence-electron chi connectivity index (χ2n) is 5.30. The zero-order valence-corrected chi connectivity index (χ0v) is 11.5. The quantitative estimate of drug-likeness (QED) is 0.891. The normalized spacial score (nSPS) is 28.0. The Morgan fingerprint density at radius 2 is 2.39 bits per heavy atom. The van der Waals surface area contributed by atoms with Gasteiger partial charge >= 0.3 is 0 Å². The summed E-state index contributed by atoms with van der Waals surface area (Å²) in [4.78, 5) is 4.37. The van der Waals surface area contributed by atoms with E-state index in [-0.39, 0.29) is 5.54 Å². The van der Waals surface area contributed by atoms with Gasteiger partial charge in [-0.1, -0.05) is 6.92 Å².